The Kier molecular flexibility index (Phi) is 6.80. The minimum atomic E-state index is -0.379. The zero-order valence-corrected chi connectivity index (χ0v) is 18.9. The molecular weight excluding hydrogens is 436 g/mol. The van der Waals surface area contributed by atoms with Crippen LogP contribution in [-0.2, 0) is 11.3 Å². The molecule has 0 N–H and O–H groups in total. The van der Waals surface area contributed by atoms with Crippen LogP contribution in [0, 0.1) is 0 Å². The summed E-state index contributed by atoms with van der Waals surface area (Å²) in [6, 6.07) is 21.6. The van der Waals surface area contributed by atoms with E-state index in [9.17, 15) is 9.59 Å². The lowest BCUT2D eigenvalue weighted by atomic mass is 10.2. The number of rotatable bonds is 7. The lowest BCUT2D eigenvalue weighted by Crippen LogP contribution is -2.16. The third kappa shape index (κ3) is 5.10. The van der Waals surface area contributed by atoms with Crippen molar-refractivity contribution in [1.29, 1.82) is 0 Å². The van der Waals surface area contributed by atoms with Gasteiger partial charge >= 0.3 is 5.97 Å². The number of allylic oxidation sites excluding steroid dienone is 1. The van der Waals surface area contributed by atoms with Gasteiger partial charge in [0.2, 0.25) is 0 Å². The van der Waals surface area contributed by atoms with Crippen molar-refractivity contribution in [1.82, 2.24) is 4.57 Å². The molecule has 3 aromatic carbocycles. The van der Waals surface area contributed by atoms with E-state index in [1.54, 1.807) is 49.4 Å². The molecule has 7 heteroatoms. The number of nitrogens with zero attached hydrogens (tertiary/aromatic N) is 2. The highest BCUT2D eigenvalue weighted by atomic mass is 32.1. The second-order valence-corrected chi connectivity index (χ2v) is 8.05. The first-order valence-corrected chi connectivity index (χ1v) is 11.2. The summed E-state index contributed by atoms with van der Waals surface area (Å²) in [6.45, 7) is 6.36. The van der Waals surface area contributed by atoms with E-state index in [2.05, 4.69) is 11.6 Å². The van der Waals surface area contributed by atoms with Gasteiger partial charge in [-0.3, -0.25) is 4.79 Å². The molecule has 0 aliphatic heterocycles. The van der Waals surface area contributed by atoms with Crippen LogP contribution in [0.3, 0.4) is 0 Å². The standard InChI is InChI=1S/C26H22N2O4S/c1-3-16-28-22-15-12-19(25(30)31-4-2)17-23(22)33-26(28)27-24(29)18-10-13-21(14-11-18)32-20-8-6-5-7-9-20/h3,5-15,17H,1,4,16H2,2H3. The topological polar surface area (TPSA) is 69.9 Å². The van der Waals surface area contributed by atoms with Crippen molar-refractivity contribution in [2.45, 2.75) is 13.5 Å². The maximum atomic E-state index is 12.9. The van der Waals surface area contributed by atoms with Crippen molar-refractivity contribution in [3.05, 3.63) is 101 Å². The van der Waals surface area contributed by atoms with Crippen LogP contribution in [0.4, 0.5) is 0 Å². The van der Waals surface area contributed by atoms with Gasteiger partial charge in [0.05, 0.1) is 22.4 Å². The van der Waals surface area contributed by atoms with Crippen LogP contribution >= 0.6 is 11.3 Å². The molecule has 4 aromatic rings. The van der Waals surface area contributed by atoms with E-state index in [1.165, 1.54) is 11.3 Å². The van der Waals surface area contributed by atoms with Gasteiger partial charge in [0, 0.05) is 12.1 Å². The fourth-order valence-corrected chi connectivity index (χ4v) is 4.32. The number of ether oxygens (including phenoxy) is 2. The Labute approximate surface area is 195 Å². The molecule has 1 heterocycles. The fraction of sp³-hybridized carbons (Fsp3) is 0.115. The zero-order valence-electron chi connectivity index (χ0n) is 18.1. The van der Waals surface area contributed by atoms with Crippen LogP contribution in [0.15, 0.2) is 90.4 Å². The molecule has 0 aliphatic rings. The van der Waals surface area contributed by atoms with Crippen LogP contribution in [-0.4, -0.2) is 23.1 Å². The van der Waals surface area contributed by atoms with Crippen molar-refractivity contribution < 1.29 is 19.1 Å². The van der Waals surface area contributed by atoms with Gasteiger partial charge in [0.15, 0.2) is 4.80 Å². The molecule has 33 heavy (non-hydrogen) atoms. The van der Waals surface area contributed by atoms with Crippen LogP contribution in [0.2, 0.25) is 0 Å². The smallest absolute Gasteiger partial charge is 0.338 e. The highest BCUT2D eigenvalue weighted by molar-refractivity contribution is 7.16. The number of para-hydroxylation sites is 1. The lowest BCUT2D eigenvalue weighted by Gasteiger charge is -2.05. The van der Waals surface area contributed by atoms with Crippen molar-refractivity contribution in [2.75, 3.05) is 6.61 Å². The normalized spacial score (nSPS) is 11.4. The molecule has 0 saturated carbocycles. The third-order valence-electron chi connectivity index (χ3n) is 4.78. The number of amides is 1. The number of esters is 1. The Hall–Kier alpha value is -3.97. The molecule has 0 atom stereocenters. The number of carbonyl (C=O) groups is 2. The molecule has 1 amide bonds. The average Bonchev–Trinajstić information content (AvgIpc) is 3.16. The molecule has 0 spiro atoms. The molecule has 166 valence electrons. The van der Waals surface area contributed by atoms with E-state index < -0.39 is 0 Å². The molecule has 6 nitrogen and oxygen atoms in total. The van der Waals surface area contributed by atoms with Crippen molar-refractivity contribution >= 4 is 33.4 Å². The number of hydrogen-bond acceptors (Lipinski definition) is 5. The number of carbonyl (C=O) groups excluding carboxylic acids is 2. The highest BCUT2D eigenvalue weighted by Crippen LogP contribution is 2.22. The van der Waals surface area contributed by atoms with Crippen LogP contribution in [0.1, 0.15) is 27.6 Å². The first-order valence-electron chi connectivity index (χ1n) is 10.4. The van der Waals surface area contributed by atoms with E-state index in [1.807, 2.05) is 41.0 Å². The van der Waals surface area contributed by atoms with E-state index in [0.717, 1.165) is 16.0 Å². The Morgan fingerprint density at radius 2 is 1.70 bits per heavy atom. The number of aromatic nitrogens is 1. The predicted octanol–water partition coefficient (Wildman–Crippen LogP) is 5.60. The molecule has 0 radical (unpaired) electrons. The summed E-state index contributed by atoms with van der Waals surface area (Å²) >= 11 is 1.34. The summed E-state index contributed by atoms with van der Waals surface area (Å²) in [5, 5.41) is 0. The van der Waals surface area contributed by atoms with Crippen molar-refractivity contribution in [3.8, 4) is 11.5 Å². The van der Waals surface area contributed by atoms with Crippen LogP contribution in [0.5, 0.6) is 11.5 Å². The summed E-state index contributed by atoms with van der Waals surface area (Å²) in [6.07, 6.45) is 1.74. The van der Waals surface area contributed by atoms with E-state index in [4.69, 9.17) is 9.47 Å². The second kappa shape index (κ2) is 10.1. The Bertz CT molecular complexity index is 1370. The molecule has 0 saturated heterocycles. The number of benzene rings is 3. The second-order valence-electron chi connectivity index (χ2n) is 7.04. The number of hydrogen-bond donors (Lipinski definition) is 0. The largest absolute Gasteiger partial charge is 0.462 e. The summed E-state index contributed by atoms with van der Waals surface area (Å²) in [5.74, 6) is 0.610. The van der Waals surface area contributed by atoms with Gasteiger partial charge in [-0.25, -0.2) is 4.79 Å². The van der Waals surface area contributed by atoms with E-state index in [-0.39, 0.29) is 11.9 Å². The summed E-state index contributed by atoms with van der Waals surface area (Å²) in [7, 11) is 0. The van der Waals surface area contributed by atoms with E-state index >= 15 is 0 Å². The Morgan fingerprint density at radius 3 is 2.39 bits per heavy atom. The molecule has 0 unspecified atom stereocenters. The van der Waals surface area contributed by atoms with Gasteiger partial charge < -0.3 is 14.0 Å². The maximum absolute atomic E-state index is 12.9. The molecule has 1 aromatic heterocycles. The summed E-state index contributed by atoms with van der Waals surface area (Å²) in [5.41, 5.74) is 1.78. The molecule has 4 rings (SSSR count). The van der Waals surface area contributed by atoms with Gasteiger partial charge in [0.25, 0.3) is 5.91 Å². The lowest BCUT2D eigenvalue weighted by molar-refractivity contribution is 0.0526. The summed E-state index contributed by atoms with van der Waals surface area (Å²) < 4.78 is 13.6. The fourth-order valence-electron chi connectivity index (χ4n) is 3.25. The van der Waals surface area contributed by atoms with Gasteiger partial charge in [-0.1, -0.05) is 35.6 Å². The van der Waals surface area contributed by atoms with Crippen molar-refractivity contribution in [3.63, 3.8) is 0 Å². The molecule has 0 fully saturated rings. The Morgan fingerprint density at radius 1 is 1.00 bits per heavy atom. The van der Waals surface area contributed by atoms with Crippen LogP contribution in [0.25, 0.3) is 10.2 Å². The molecular formula is C26H22N2O4S. The van der Waals surface area contributed by atoms with Gasteiger partial charge in [-0.05, 0) is 61.5 Å². The van der Waals surface area contributed by atoms with E-state index in [0.29, 0.717) is 34.8 Å². The first kappa shape index (κ1) is 22.2. The van der Waals surface area contributed by atoms with Crippen LogP contribution < -0.4 is 9.54 Å². The minimum absolute atomic E-state index is 0.308. The summed E-state index contributed by atoms with van der Waals surface area (Å²) in [4.78, 5) is 29.8. The van der Waals surface area contributed by atoms with Gasteiger partial charge in [-0.2, -0.15) is 4.99 Å². The van der Waals surface area contributed by atoms with Crippen molar-refractivity contribution in [2.24, 2.45) is 4.99 Å². The maximum Gasteiger partial charge on any atom is 0.338 e. The first-order chi connectivity index (χ1) is 16.1. The number of thiazole rings is 1. The highest BCUT2D eigenvalue weighted by Gasteiger charge is 2.13. The molecule has 0 aliphatic carbocycles. The van der Waals surface area contributed by atoms with Gasteiger partial charge in [-0.15, -0.1) is 6.58 Å². The predicted molar refractivity (Wildman–Crippen MR) is 129 cm³/mol. The third-order valence-corrected chi connectivity index (χ3v) is 5.82. The minimum Gasteiger partial charge on any atom is -0.462 e. The SMILES string of the molecule is C=CCn1c(=NC(=O)c2ccc(Oc3ccccc3)cc2)sc2cc(C(=O)OCC)ccc21. The zero-order chi connectivity index (χ0) is 23.2. The van der Waals surface area contributed by atoms with Gasteiger partial charge in [0.1, 0.15) is 11.5 Å². The Balaban J connectivity index is 1.64. The number of fused-ring (bicyclic) bond motifs is 1. The average molecular weight is 459 g/mol. The molecule has 0 bridgehead atoms. The monoisotopic (exact) mass is 458 g/mol. The quantitative estimate of drug-likeness (QED) is 0.267.